The maximum atomic E-state index is 7.39. The molecule has 2 rings (SSSR count). The first kappa shape index (κ1) is 15.6. The van der Waals surface area contributed by atoms with Crippen LogP contribution in [-0.4, -0.2) is 13.1 Å². The van der Waals surface area contributed by atoms with Gasteiger partial charge in [-0.05, 0) is 31.7 Å². The smallest absolute Gasteiger partial charge is 0.176 e. The number of benzene rings is 1. The lowest BCUT2D eigenvalue weighted by molar-refractivity contribution is 0.644. The molecule has 3 heteroatoms. The summed E-state index contributed by atoms with van der Waals surface area (Å²) in [7, 11) is 2.09. The lowest BCUT2D eigenvalue weighted by Crippen LogP contribution is -2.10. The number of hydrogen-bond donors (Lipinski definition) is 2. The quantitative estimate of drug-likeness (QED) is 0.322. The van der Waals surface area contributed by atoms with Crippen LogP contribution in [0, 0.1) is 12.3 Å². The largest absolute Gasteiger partial charge is 0.384 e. The highest BCUT2D eigenvalue weighted by Gasteiger charge is 2.09. The molecule has 3 N–H and O–H groups in total. The molecule has 21 heavy (non-hydrogen) atoms. The van der Waals surface area contributed by atoms with Gasteiger partial charge < -0.3 is 5.73 Å². The number of allylic oxidation sites excluding steroid dienone is 1. The van der Waals surface area contributed by atoms with Crippen LogP contribution in [0.1, 0.15) is 43.2 Å². The lowest BCUT2D eigenvalue weighted by atomic mass is 9.71. The van der Waals surface area contributed by atoms with Gasteiger partial charge in [0, 0.05) is 5.57 Å². The van der Waals surface area contributed by atoms with E-state index in [4.69, 9.17) is 11.1 Å². The van der Waals surface area contributed by atoms with Gasteiger partial charge in [0.25, 0.3) is 0 Å². The summed E-state index contributed by atoms with van der Waals surface area (Å²) < 4.78 is 0. The minimum Gasteiger partial charge on any atom is -0.384 e. The first-order valence-electron chi connectivity index (χ1n) is 7.81. The Morgan fingerprint density at radius 3 is 2.33 bits per heavy atom. The highest BCUT2D eigenvalue weighted by molar-refractivity contribution is 6.54. The van der Waals surface area contributed by atoms with Crippen molar-refractivity contribution in [2.24, 2.45) is 5.73 Å². The zero-order chi connectivity index (χ0) is 15.1. The second kappa shape index (κ2) is 7.87. The first-order chi connectivity index (χ1) is 10.1. The molecule has 0 aliphatic carbocycles. The third kappa shape index (κ3) is 5.26. The lowest BCUT2D eigenvalue weighted by Gasteiger charge is -2.04. The molecule has 0 saturated carbocycles. The molecule has 1 radical (unpaired) electrons. The SMILES string of the molecule is Cc1ccc(CCCCCCC2=CC(C(=N)N)=C[B]2)cc1. The van der Waals surface area contributed by atoms with Crippen LogP contribution in [-0.2, 0) is 6.42 Å². The average molecular weight is 279 g/mol. The Morgan fingerprint density at radius 2 is 1.71 bits per heavy atom. The topological polar surface area (TPSA) is 49.9 Å². The summed E-state index contributed by atoms with van der Waals surface area (Å²) in [6.45, 7) is 2.13. The molecular formula is C18H24BN2. The summed E-state index contributed by atoms with van der Waals surface area (Å²) in [6, 6.07) is 8.86. The Bertz CT molecular complexity index is 541. The minimum absolute atomic E-state index is 0.166. The Balaban J connectivity index is 1.56. The van der Waals surface area contributed by atoms with Gasteiger partial charge in [-0.2, -0.15) is 0 Å². The van der Waals surface area contributed by atoms with Crippen molar-refractivity contribution in [2.45, 2.75) is 45.4 Å². The summed E-state index contributed by atoms with van der Waals surface area (Å²) in [6.07, 6.45) is 9.36. The van der Waals surface area contributed by atoms with Crippen LogP contribution in [0.3, 0.4) is 0 Å². The monoisotopic (exact) mass is 279 g/mol. The number of amidine groups is 1. The molecule has 0 atom stereocenters. The number of nitrogens with one attached hydrogen (secondary N) is 1. The summed E-state index contributed by atoms with van der Waals surface area (Å²) in [5.41, 5.74) is 10.4. The molecule has 0 spiro atoms. The second-order valence-corrected chi connectivity index (χ2v) is 5.82. The van der Waals surface area contributed by atoms with Gasteiger partial charge in [-0.3, -0.25) is 5.41 Å². The van der Waals surface area contributed by atoms with E-state index in [-0.39, 0.29) is 5.84 Å². The molecule has 1 aliphatic heterocycles. The van der Waals surface area contributed by atoms with E-state index in [1.54, 1.807) is 0 Å². The number of rotatable bonds is 8. The van der Waals surface area contributed by atoms with E-state index in [1.165, 1.54) is 48.7 Å². The van der Waals surface area contributed by atoms with Crippen LogP contribution < -0.4 is 5.73 Å². The van der Waals surface area contributed by atoms with E-state index in [0.717, 1.165) is 12.0 Å². The molecule has 0 saturated heterocycles. The molecule has 2 nitrogen and oxygen atoms in total. The molecule has 0 aromatic heterocycles. The van der Waals surface area contributed by atoms with Crippen LogP contribution in [0.4, 0.5) is 0 Å². The fraction of sp³-hybridized carbons (Fsp3) is 0.389. The molecular weight excluding hydrogens is 255 g/mol. The summed E-state index contributed by atoms with van der Waals surface area (Å²) in [5, 5.41) is 7.39. The molecule has 0 fully saturated rings. The third-order valence-electron chi connectivity index (χ3n) is 3.93. The zero-order valence-corrected chi connectivity index (χ0v) is 12.9. The number of aryl methyl sites for hydroxylation is 2. The van der Waals surface area contributed by atoms with E-state index < -0.39 is 0 Å². The van der Waals surface area contributed by atoms with Gasteiger partial charge in [0.15, 0.2) is 7.28 Å². The van der Waals surface area contributed by atoms with Crippen molar-refractivity contribution in [3.8, 4) is 0 Å². The molecule has 0 bridgehead atoms. The predicted octanol–water partition coefficient (Wildman–Crippen LogP) is 3.91. The third-order valence-corrected chi connectivity index (χ3v) is 3.93. The van der Waals surface area contributed by atoms with Gasteiger partial charge >= 0.3 is 0 Å². The van der Waals surface area contributed by atoms with Crippen molar-refractivity contribution < 1.29 is 0 Å². The van der Waals surface area contributed by atoms with Crippen molar-refractivity contribution in [3.63, 3.8) is 0 Å². The van der Waals surface area contributed by atoms with Crippen LogP contribution in [0.2, 0.25) is 0 Å². The Morgan fingerprint density at radius 1 is 1.05 bits per heavy atom. The van der Waals surface area contributed by atoms with Gasteiger partial charge in [0.05, 0.1) is 0 Å². The summed E-state index contributed by atoms with van der Waals surface area (Å²) in [4.78, 5) is 0. The van der Waals surface area contributed by atoms with Gasteiger partial charge in [-0.1, -0.05) is 55.2 Å². The van der Waals surface area contributed by atoms with Gasteiger partial charge in [0.2, 0.25) is 0 Å². The van der Waals surface area contributed by atoms with Crippen molar-refractivity contribution in [1.82, 2.24) is 0 Å². The maximum Gasteiger partial charge on any atom is 0.176 e. The highest BCUT2D eigenvalue weighted by Crippen LogP contribution is 2.17. The maximum absolute atomic E-state index is 7.39. The molecule has 0 unspecified atom stereocenters. The van der Waals surface area contributed by atoms with Crippen LogP contribution in [0.5, 0.6) is 0 Å². The zero-order valence-electron chi connectivity index (χ0n) is 12.9. The molecule has 1 heterocycles. The van der Waals surface area contributed by atoms with Crippen molar-refractivity contribution in [3.05, 3.63) is 58.5 Å². The van der Waals surface area contributed by atoms with Crippen LogP contribution in [0.15, 0.2) is 47.4 Å². The molecule has 1 aromatic carbocycles. The fourth-order valence-electron chi connectivity index (χ4n) is 2.58. The van der Waals surface area contributed by atoms with E-state index in [1.807, 2.05) is 12.1 Å². The van der Waals surface area contributed by atoms with Gasteiger partial charge in [0.1, 0.15) is 5.84 Å². The number of unbranched alkanes of at least 4 members (excludes halogenated alkanes) is 3. The van der Waals surface area contributed by atoms with E-state index in [9.17, 15) is 0 Å². The number of hydrogen-bond acceptors (Lipinski definition) is 1. The normalized spacial score (nSPS) is 13.6. The predicted molar refractivity (Wildman–Crippen MR) is 91.8 cm³/mol. The molecule has 1 aromatic rings. The second-order valence-electron chi connectivity index (χ2n) is 5.82. The van der Waals surface area contributed by atoms with Crippen LogP contribution in [0.25, 0.3) is 0 Å². The standard InChI is InChI=1S/C18H24BN2/c1-14-8-10-15(11-9-14)6-4-2-3-5-7-17-12-16(13-19-17)18(20)21/h8-13H,2-7H2,1H3,(H3,20,21). The van der Waals surface area contributed by atoms with E-state index in [2.05, 4.69) is 38.5 Å². The molecule has 1 aliphatic rings. The van der Waals surface area contributed by atoms with E-state index >= 15 is 0 Å². The van der Waals surface area contributed by atoms with Crippen molar-refractivity contribution in [1.29, 1.82) is 5.41 Å². The Kier molecular flexibility index (Phi) is 5.85. The Labute approximate surface area is 128 Å². The van der Waals surface area contributed by atoms with Crippen molar-refractivity contribution >= 4 is 13.1 Å². The van der Waals surface area contributed by atoms with Crippen molar-refractivity contribution in [2.75, 3.05) is 0 Å². The van der Waals surface area contributed by atoms with Gasteiger partial charge in [-0.15, -0.1) is 11.4 Å². The van der Waals surface area contributed by atoms with E-state index in [0.29, 0.717) is 0 Å². The minimum atomic E-state index is 0.166. The van der Waals surface area contributed by atoms with Crippen LogP contribution >= 0.6 is 0 Å². The Hall–Kier alpha value is -1.77. The summed E-state index contributed by atoms with van der Waals surface area (Å²) >= 11 is 0. The highest BCUT2D eigenvalue weighted by atomic mass is 14.7. The molecule has 109 valence electrons. The average Bonchev–Trinajstić information content (AvgIpc) is 2.94. The molecule has 0 amide bonds. The number of nitrogens with two attached hydrogens (primary N) is 1. The fourth-order valence-corrected chi connectivity index (χ4v) is 2.58. The summed E-state index contributed by atoms with van der Waals surface area (Å²) in [5.74, 6) is 2.11. The van der Waals surface area contributed by atoms with Gasteiger partial charge in [-0.25, -0.2) is 0 Å². The first-order valence-corrected chi connectivity index (χ1v) is 7.81.